The summed E-state index contributed by atoms with van der Waals surface area (Å²) in [6, 6.07) is 0. The molecule has 2 fully saturated rings. The maximum absolute atomic E-state index is 12.0. The molecule has 7 nitrogen and oxygen atoms in total. The number of rotatable bonds is 3. The summed E-state index contributed by atoms with van der Waals surface area (Å²) in [5, 5.41) is 0. The Kier molecular flexibility index (Phi) is 3.82. The predicted molar refractivity (Wildman–Crippen MR) is 68.7 cm³/mol. The number of piperidine rings is 1. The van der Waals surface area contributed by atoms with Crippen LogP contribution in [0.4, 0.5) is 0 Å². The number of nitrogens with zero attached hydrogens (tertiary/aromatic N) is 2. The normalized spacial score (nSPS) is 27.6. The first-order valence-electron chi connectivity index (χ1n) is 6.25. The minimum absolute atomic E-state index is 0.0858. The van der Waals surface area contributed by atoms with E-state index in [4.69, 9.17) is 0 Å². The van der Waals surface area contributed by atoms with Gasteiger partial charge < -0.3 is 9.80 Å². The summed E-state index contributed by atoms with van der Waals surface area (Å²) in [5.41, 5.74) is 0. The van der Waals surface area contributed by atoms with Gasteiger partial charge in [-0.1, -0.05) is 0 Å². The first kappa shape index (κ1) is 14.3. The van der Waals surface area contributed by atoms with Crippen LogP contribution in [-0.4, -0.2) is 69.5 Å². The summed E-state index contributed by atoms with van der Waals surface area (Å²) >= 11 is 0. The second-order valence-electron chi connectivity index (χ2n) is 5.31. The fraction of sp³-hybridized carbons (Fsp3) is 0.818. The van der Waals surface area contributed by atoms with Gasteiger partial charge >= 0.3 is 0 Å². The Balaban J connectivity index is 1.94. The van der Waals surface area contributed by atoms with Crippen LogP contribution in [0.15, 0.2) is 0 Å². The first-order valence-corrected chi connectivity index (χ1v) is 8.14. The molecule has 0 aliphatic carbocycles. The van der Waals surface area contributed by atoms with Crippen molar-refractivity contribution in [1.29, 1.82) is 0 Å². The fourth-order valence-electron chi connectivity index (χ4n) is 2.70. The van der Waals surface area contributed by atoms with Crippen molar-refractivity contribution in [3.05, 3.63) is 0 Å². The van der Waals surface area contributed by atoms with E-state index >= 15 is 0 Å². The van der Waals surface area contributed by atoms with Gasteiger partial charge in [0.1, 0.15) is 0 Å². The van der Waals surface area contributed by atoms with Gasteiger partial charge in [-0.05, 0) is 12.3 Å². The zero-order valence-electron chi connectivity index (χ0n) is 11.1. The van der Waals surface area contributed by atoms with Gasteiger partial charge in [0.2, 0.25) is 21.8 Å². The van der Waals surface area contributed by atoms with E-state index < -0.39 is 10.0 Å². The minimum atomic E-state index is -3.37. The number of nitrogens with one attached hydrogen (secondary N) is 1. The van der Waals surface area contributed by atoms with Crippen LogP contribution in [0.1, 0.15) is 6.42 Å². The molecule has 0 saturated carbocycles. The van der Waals surface area contributed by atoms with E-state index in [-0.39, 0.29) is 30.2 Å². The zero-order valence-corrected chi connectivity index (χ0v) is 11.9. The highest BCUT2D eigenvalue weighted by atomic mass is 32.2. The van der Waals surface area contributed by atoms with Crippen LogP contribution in [0.25, 0.3) is 0 Å². The molecule has 2 saturated heterocycles. The third-order valence-corrected chi connectivity index (χ3v) is 4.48. The molecule has 108 valence electrons. The van der Waals surface area contributed by atoms with E-state index in [0.29, 0.717) is 13.1 Å². The molecular formula is C11H19N3O4S. The monoisotopic (exact) mass is 289 g/mol. The molecule has 0 radical (unpaired) electrons. The molecule has 19 heavy (non-hydrogen) atoms. The molecular weight excluding hydrogens is 270 g/mol. The Bertz CT molecular complexity index is 490. The molecule has 0 aromatic carbocycles. The van der Waals surface area contributed by atoms with Crippen molar-refractivity contribution in [3.63, 3.8) is 0 Å². The Labute approximate surface area is 113 Å². The van der Waals surface area contributed by atoms with Crippen LogP contribution in [0.5, 0.6) is 0 Å². The van der Waals surface area contributed by atoms with Crippen molar-refractivity contribution >= 4 is 21.8 Å². The Hall–Kier alpha value is -1.15. The molecule has 0 aromatic rings. The molecule has 0 unspecified atom stereocenters. The Morgan fingerprint density at radius 2 is 2.11 bits per heavy atom. The number of sulfonamides is 1. The van der Waals surface area contributed by atoms with Gasteiger partial charge in [-0.2, -0.15) is 0 Å². The molecule has 1 N–H and O–H groups in total. The van der Waals surface area contributed by atoms with Gasteiger partial charge in [0.05, 0.1) is 18.7 Å². The standard InChI is InChI=1S/C11H19N3O4S/c1-13-4-3-8-6-14(7-9(8)11(13)16)10(15)5-12-19(2,17)18/h8-9,12H,3-7H2,1-2H3/t8-,9+/m1/s1. The number of fused-ring (bicyclic) bond motifs is 1. The lowest BCUT2D eigenvalue weighted by Crippen LogP contribution is -2.43. The number of amides is 2. The van der Waals surface area contributed by atoms with Gasteiger partial charge in [-0.25, -0.2) is 13.1 Å². The number of hydrogen-bond acceptors (Lipinski definition) is 4. The molecule has 2 aliphatic heterocycles. The third-order valence-electron chi connectivity index (χ3n) is 3.81. The first-order chi connectivity index (χ1) is 8.78. The molecule has 2 atom stereocenters. The molecule has 2 aliphatic rings. The molecule has 0 aromatic heterocycles. The van der Waals surface area contributed by atoms with E-state index in [9.17, 15) is 18.0 Å². The van der Waals surface area contributed by atoms with E-state index in [1.54, 1.807) is 16.8 Å². The highest BCUT2D eigenvalue weighted by Crippen LogP contribution is 2.31. The molecule has 2 heterocycles. The highest BCUT2D eigenvalue weighted by Gasteiger charge is 2.43. The summed E-state index contributed by atoms with van der Waals surface area (Å²) in [7, 11) is -1.59. The number of likely N-dealkylation sites (tertiary alicyclic amines) is 2. The Morgan fingerprint density at radius 1 is 1.42 bits per heavy atom. The van der Waals surface area contributed by atoms with Crippen LogP contribution in [-0.2, 0) is 19.6 Å². The number of carbonyl (C=O) groups is 2. The maximum atomic E-state index is 12.0. The lowest BCUT2D eigenvalue weighted by molar-refractivity contribution is -0.138. The largest absolute Gasteiger partial charge is 0.345 e. The lowest BCUT2D eigenvalue weighted by Gasteiger charge is -2.30. The van der Waals surface area contributed by atoms with Crippen molar-refractivity contribution in [3.8, 4) is 0 Å². The minimum Gasteiger partial charge on any atom is -0.345 e. The molecule has 0 spiro atoms. The van der Waals surface area contributed by atoms with E-state index in [1.165, 1.54) is 0 Å². The topological polar surface area (TPSA) is 86.8 Å². The van der Waals surface area contributed by atoms with Crippen molar-refractivity contribution in [2.75, 3.05) is 39.5 Å². The van der Waals surface area contributed by atoms with E-state index in [2.05, 4.69) is 4.72 Å². The van der Waals surface area contributed by atoms with E-state index in [0.717, 1.165) is 19.2 Å². The molecule has 8 heteroatoms. The van der Waals surface area contributed by atoms with Crippen LogP contribution < -0.4 is 4.72 Å². The van der Waals surface area contributed by atoms with Crippen LogP contribution in [0, 0.1) is 11.8 Å². The molecule has 0 bridgehead atoms. The highest BCUT2D eigenvalue weighted by molar-refractivity contribution is 7.88. The third kappa shape index (κ3) is 3.24. The van der Waals surface area contributed by atoms with Crippen LogP contribution in [0.3, 0.4) is 0 Å². The van der Waals surface area contributed by atoms with Gasteiger partial charge in [0.15, 0.2) is 0 Å². The number of hydrogen-bond donors (Lipinski definition) is 1. The van der Waals surface area contributed by atoms with E-state index in [1.807, 2.05) is 0 Å². The fourth-order valence-corrected chi connectivity index (χ4v) is 3.09. The second kappa shape index (κ2) is 5.09. The second-order valence-corrected chi connectivity index (χ2v) is 7.14. The number of carbonyl (C=O) groups excluding carboxylic acids is 2. The van der Waals surface area contributed by atoms with Crippen molar-refractivity contribution in [1.82, 2.24) is 14.5 Å². The van der Waals surface area contributed by atoms with Gasteiger partial charge in [0.25, 0.3) is 0 Å². The Morgan fingerprint density at radius 3 is 2.74 bits per heavy atom. The quantitative estimate of drug-likeness (QED) is 0.683. The van der Waals surface area contributed by atoms with Crippen LogP contribution in [0.2, 0.25) is 0 Å². The smallest absolute Gasteiger partial charge is 0.237 e. The molecule has 2 amide bonds. The average molecular weight is 289 g/mol. The van der Waals surface area contributed by atoms with Gasteiger partial charge in [0, 0.05) is 26.7 Å². The van der Waals surface area contributed by atoms with Gasteiger partial charge in [-0.3, -0.25) is 9.59 Å². The van der Waals surface area contributed by atoms with Gasteiger partial charge in [-0.15, -0.1) is 0 Å². The van der Waals surface area contributed by atoms with Crippen molar-refractivity contribution in [2.45, 2.75) is 6.42 Å². The van der Waals surface area contributed by atoms with Crippen molar-refractivity contribution in [2.24, 2.45) is 11.8 Å². The summed E-state index contributed by atoms with van der Waals surface area (Å²) in [4.78, 5) is 27.2. The summed E-state index contributed by atoms with van der Waals surface area (Å²) < 4.78 is 24.1. The SMILES string of the molecule is CN1CC[C@@H]2CN(C(=O)CNS(C)(=O)=O)C[C@@H]2C1=O. The van der Waals surface area contributed by atoms with Crippen LogP contribution >= 0.6 is 0 Å². The summed E-state index contributed by atoms with van der Waals surface area (Å²) in [6.07, 6.45) is 1.92. The zero-order chi connectivity index (χ0) is 14.2. The summed E-state index contributed by atoms with van der Waals surface area (Å²) in [5.74, 6) is -0.0929. The maximum Gasteiger partial charge on any atom is 0.237 e. The summed E-state index contributed by atoms with van der Waals surface area (Å²) in [6.45, 7) is 1.44. The predicted octanol–water partition coefficient (Wildman–Crippen LogP) is -1.53. The molecule has 2 rings (SSSR count). The van der Waals surface area contributed by atoms with Crippen molar-refractivity contribution < 1.29 is 18.0 Å². The lowest BCUT2D eigenvalue weighted by atomic mass is 9.88. The average Bonchev–Trinajstić information content (AvgIpc) is 2.75.